The molecule has 0 bridgehead atoms. The van der Waals surface area contributed by atoms with Crippen molar-refractivity contribution in [2.24, 2.45) is 13.0 Å². The van der Waals surface area contributed by atoms with E-state index in [0.29, 0.717) is 0 Å². The van der Waals surface area contributed by atoms with Crippen molar-refractivity contribution in [2.45, 2.75) is 26.8 Å². The molecule has 0 fully saturated rings. The van der Waals surface area contributed by atoms with E-state index in [1.165, 1.54) is 11.3 Å². The summed E-state index contributed by atoms with van der Waals surface area (Å²) in [6, 6.07) is 0. The normalized spacial score (nSPS) is 15.6. The maximum atomic E-state index is 11.8. The Balaban J connectivity index is 2.16. The number of carbonyl (C=O) groups excluding carboxylic acids is 1. The zero-order valence-electron chi connectivity index (χ0n) is 9.53. The molecule has 1 aromatic heterocycles. The lowest BCUT2D eigenvalue weighted by Crippen LogP contribution is -2.38. The summed E-state index contributed by atoms with van der Waals surface area (Å²) in [6.07, 6.45) is 2.79. The Morgan fingerprint density at radius 2 is 2.27 bits per heavy atom. The van der Waals surface area contributed by atoms with Crippen LogP contribution < -0.4 is 0 Å². The zero-order chi connectivity index (χ0) is 11.0. The van der Waals surface area contributed by atoms with Crippen LogP contribution in [-0.2, 0) is 24.8 Å². The van der Waals surface area contributed by atoms with E-state index in [9.17, 15) is 4.79 Å². The molecule has 0 spiro atoms. The number of aromatic nitrogens is 2. The average molecular weight is 207 g/mol. The molecule has 1 amide bonds. The van der Waals surface area contributed by atoms with Crippen LogP contribution in [-0.4, -0.2) is 27.1 Å². The third-order valence-electron chi connectivity index (χ3n) is 2.93. The molecule has 0 aliphatic carbocycles. The van der Waals surface area contributed by atoms with Crippen LogP contribution in [0.25, 0.3) is 0 Å². The van der Waals surface area contributed by atoms with Gasteiger partial charge in [0.1, 0.15) is 0 Å². The molecule has 4 heteroatoms. The highest BCUT2D eigenvalue weighted by atomic mass is 16.2. The van der Waals surface area contributed by atoms with Crippen LogP contribution in [0.4, 0.5) is 0 Å². The monoisotopic (exact) mass is 207 g/mol. The fraction of sp³-hybridized carbons (Fsp3) is 0.636. The minimum atomic E-state index is 0.0863. The fourth-order valence-corrected chi connectivity index (χ4v) is 2.04. The van der Waals surface area contributed by atoms with E-state index in [-0.39, 0.29) is 11.8 Å². The molecule has 1 aromatic rings. The van der Waals surface area contributed by atoms with E-state index in [4.69, 9.17) is 0 Å². The first-order valence-electron chi connectivity index (χ1n) is 5.38. The van der Waals surface area contributed by atoms with E-state index in [0.717, 1.165) is 19.5 Å². The van der Waals surface area contributed by atoms with Gasteiger partial charge >= 0.3 is 0 Å². The zero-order valence-corrected chi connectivity index (χ0v) is 9.53. The largest absolute Gasteiger partial charge is 0.338 e. The second kappa shape index (κ2) is 3.68. The van der Waals surface area contributed by atoms with Crippen LogP contribution in [0.3, 0.4) is 0 Å². The van der Waals surface area contributed by atoms with Gasteiger partial charge in [-0.05, 0) is 0 Å². The molecular weight excluding hydrogens is 190 g/mol. The first-order valence-corrected chi connectivity index (χ1v) is 5.38. The summed E-state index contributed by atoms with van der Waals surface area (Å²) in [6.45, 7) is 5.44. The lowest BCUT2D eigenvalue weighted by molar-refractivity contribution is -0.135. The Morgan fingerprint density at radius 3 is 2.93 bits per heavy atom. The van der Waals surface area contributed by atoms with Crippen molar-refractivity contribution < 1.29 is 4.79 Å². The molecule has 0 saturated carbocycles. The van der Waals surface area contributed by atoms with Crippen molar-refractivity contribution in [3.8, 4) is 0 Å². The Morgan fingerprint density at radius 1 is 1.53 bits per heavy atom. The second-order valence-electron chi connectivity index (χ2n) is 4.40. The Bertz CT molecular complexity index is 381. The van der Waals surface area contributed by atoms with Gasteiger partial charge in [-0.15, -0.1) is 0 Å². The maximum Gasteiger partial charge on any atom is 0.225 e. The topological polar surface area (TPSA) is 38.1 Å². The SMILES string of the molecule is CC(C)C(=O)N1CCc2c(cnn2C)C1. The molecule has 1 aliphatic heterocycles. The fourth-order valence-electron chi connectivity index (χ4n) is 2.04. The number of amides is 1. The summed E-state index contributed by atoms with van der Waals surface area (Å²) >= 11 is 0. The smallest absolute Gasteiger partial charge is 0.225 e. The first kappa shape index (κ1) is 10.2. The molecule has 2 heterocycles. The molecular formula is C11H17N3O. The lowest BCUT2D eigenvalue weighted by atomic mass is 10.1. The molecule has 0 aromatic carbocycles. The van der Waals surface area contributed by atoms with Gasteiger partial charge in [-0.25, -0.2) is 0 Å². The molecule has 0 unspecified atom stereocenters. The molecule has 0 radical (unpaired) electrons. The minimum absolute atomic E-state index is 0.0863. The molecule has 0 N–H and O–H groups in total. The summed E-state index contributed by atoms with van der Waals surface area (Å²) in [5, 5.41) is 4.22. The summed E-state index contributed by atoms with van der Waals surface area (Å²) in [5.74, 6) is 0.327. The molecule has 0 atom stereocenters. The van der Waals surface area contributed by atoms with E-state index >= 15 is 0 Å². The third kappa shape index (κ3) is 1.76. The Hall–Kier alpha value is -1.32. The van der Waals surface area contributed by atoms with E-state index in [1.54, 1.807) is 0 Å². The van der Waals surface area contributed by atoms with Gasteiger partial charge in [0.2, 0.25) is 5.91 Å². The Kier molecular flexibility index (Phi) is 2.50. The van der Waals surface area contributed by atoms with E-state index in [1.807, 2.05) is 36.7 Å². The van der Waals surface area contributed by atoms with Gasteiger partial charge in [-0.2, -0.15) is 5.10 Å². The highest BCUT2D eigenvalue weighted by Crippen LogP contribution is 2.19. The quantitative estimate of drug-likeness (QED) is 0.688. The number of carbonyl (C=O) groups is 1. The van der Waals surface area contributed by atoms with Crippen LogP contribution in [0, 0.1) is 5.92 Å². The lowest BCUT2D eigenvalue weighted by Gasteiger charge is -2.28. The van der Waals surface area contributed by atoms with Crippen molar-refractivity contribution in [3.05, 3.63) is 17.5 Å². The number of fused-ring (bicyclic) bond motifs is 1. The second-order valence-corrected chi connectivity index (χ2v) is 4.40. The van der Waals surface area contributed by atoms with Gasteiger partial charge in [0, 0.05) is 43.7 Å². The van der Waals surface area contributed by atoms with Gasteiger partial charge in [-0.1, -0.05) is 13.8 Å². The standard InChI is InChI=1S/C11H17N3O/c1-8(2)11(15)14-5-4-10-9(7-14)6-12-13(10)3/h6,8H,4-5,7H2,1-3H3. The average Bonchev–Trinajstić information content (AvgIpc) is 2.59. The van der Waals surface area contributed by atoms with Crippen LogP contribution in [0.15, 0.2) is 6.20 Å². The van der Waals surface area contributed by atoms with Crippen LogP contribution in [0.2, 0.25) is 0 Å². The molecule has 2 rings (SSSR count). The van der Waals surface area contributed by atoms with Crippen molar-refractivity contribution >= 4 is 5.91 Å². The highest BCUT2D eigenvalue weighted by Gasteiger charge is 2.24. The predicted octanol–water partition coefficient (Wildman–Crippen LogP) is 0.961. The van der Waals surface area contributed by atoms with Gasteiger partial charge < -0.3 is 4.90 Å². The summed E-state index contributed by atoms with van der Waals surface area (Å²) in [7, 11) is 1.96. The predicted molar refractivity (Wildman–Crippen MR) is 57.2 cm³/mol. The number of aryl methyl sites for hydroxylation is 1. The van der Waals surface area contributed by atoms with Crippen molar-refractivity contribution in [1.82, 2.24) is 14.7 Å². The van der Waals surface area contributed by atoms with Crippen molar-refractivity contribution in [3.63, 3.8) is 0 Å². The number of rotatable bonds is 1. The summed E-state index contributed by atoms with van der Waals surface area (Å²) in [5.41, 5.74) is 2.46. The van der Waals surface area contributed by atoms with Crippen molar-refractivity contribution in [1.29, 1.82) is 0 Å². The van der Waals surface area contributed by atoms with Gasteiger partial charge in [0.05, 0.1) is 6.20 Å². The van der Waals surface area contributed by atoms with Gasteiger partial charge in [-0.3, -0.25) is 9.48 Å². The number of nitrogens with zero attached hydrogens (tertiary/aromatic N) is 3. The highest BCUT2D eigenvalue weighted by molar-refractivity contribution is 5.78. The van der Waals surface area contributed by atoms with Crippen LogP contribution >= 0.6 is 0 Å². The van der Waals surface area contributed by atoms with Crippen LogP contribution in [0.1, 0.15) is 25.1 Å². The Labute approximate surface area is 89.9 Å². The molecule has 15 heavy (non-hydrogen) atoms. The summed E-state index contributed by atoms with van der Waals surface area (Å²) < 4.78 is 1.91. The molecule has 0 saturated heterocycles. The minimum Gasteiger partial charge on any atom is -0.338 e. The van der Waals surface area contributed by atoms with Gasteiger partial charge in [0.25, 0.3) is 0 Å². The van der Waals surface area contributed by atoms with E-state index in [2.05, 4.69) is 5.10 Å². The molecule has 1 aliphatic rings. The maximum absolute atomic E-state index is 11.8. The van der Waals surface area contributed by atoms with E-state index < -0.39 is 0 Å². The number of hydrogen-bond acceptors (Lipinski definition) is 2. The summed E-state index contributed by atoms with van der Waals surface area (Å²) in [4.78, 5) is 13.7. The first-order chi connectivity index (χ1) is 7.09. The molecule has 82 valence electrons. The van der Waals surface area contributed by atoms with Gasteiger partial charge in [0.15, 0.2) is 0 Å². The molecule has 4 nitrogen and oxygen atoms in total. The van der Waals surface area contributed by atoms with Crippen molar-refractivity contribution in [2.75, 3.05) is 6.54 Å². The number of hydrogen-bond donors (Lipinski definition) is 0. The third-order valence-corrected chi connectivity index (χ3v) is 2.93. The van der Waals surface area contributed by atoms with Crippen LogP contribution in [0.5, 0.6) is 0 Å².